The van der Waals surface area contributed by atoms with E-state index in [1.165, 1.54) is 77.0 Å². The molecule has 0 aliphatic carbocycles. The van der Waals surface area contributed by atoms with Gasteiger partial charge in [0.25, 0.3) is 0 Å². The van der Waals surface area contributed by atoms with Crippen LogP contribution in [-0.2, 0) is 27.9 Å². The molecule has 0 radical (unpaired) electrons. The van der Waals surface area contributed by atoms with Gasteiger partial charge in [0.15, 0.2) is 6.10 Å². The molecule has 0 aliphatic heterocycles. The number of quaternary nitrogens is 1. The van der Waals surface area contributed by atoms with Crippen LogP contribution in [-0.4, -0.2) is 80.2 Å². The van der Waals surface area contributed by atoms with Crippen molar-refractivity contribution in [2.24, 2.45) is 0 Å². The van der Waals surface area contributed by atoms with Crippen LogP contribution in [0.5, 0.6) is 0 Å². The first-order valence-corrected chi connectivity index (χ1v) is 24.0. The summed E-state index contributed by atoms with van der Waals surface area (Å²) in [5.41, 5.74) is 0. The zero-order chi connectivity index (χ0) is 42.8. The first-order valence-electron chi connectivity index (χ1n) is 22.5. The normalized spacial score (nSPS) is 15.0. The van der Waals surface area contributed by atoms with Crippen LogP contribution in [0, 0.1) is 0 Å². The Hall–Kier alpha value is -2.52. The summed E-state index contributed by atoms with van der Waals surface area (Å²) in [6, 6.07) is 0. The van der Waals surface area contributed by atoms with Crippen molar-refractivity contribution < 1.29 is 42.4 Å². The van der Waals surface area contributed by atoms with E-state index in [-0.39, 0.29) is 32.7 Å². The second kappa shape index (κ2) is 39.9. The second-order valence-electron chi connectivity index (χ2n) is 16.0. The Morgan fingerprint density at radius 3 is 1.71 bits per heavy atom. The summed E-state index contributed by atoms with van der Waals surface area (Å²) in [4.78, 5) is 22.7. The van der Waals surface area contributed by atoms with Crippen LogP contribution in [0.1, 0.15) is 155 Å². The van der Waals surface area contributed by atoms with E-state index in [9.17, 15) is 19.4 Å². The maximum atomic E-state index is 12.5. The predicted molar refractivity (Wildman–Crippen MR) is 243 cm³/mol. The smallest absolute Gasteiger partial charge is 0.472 e. The highest BCUT2D eigenvalue weighted by molar-refractivity contribution is 7.47. The van der Waals surface area contributed by atoms with Crippen molar-refractivity contribution in [2.75, 3.05) is 47.5 Å². The molecular weight excluding hydrogens is 750 g/mol. The lowest BCUT2D eigenvalue weighted by Gasteiger charge is -2.24. The lowest BCUT2D eigenvalue weighted by atomic mass is 10.0. The molecule has 0 aromatic carbocycles. The number of phosphoric ester groups is 1. The lowest BCUT2D eigenvalue weighted by molar-refractivity contribution is -0.870. The molecule has 2 N–H and O–H groups in total. The van der Waals surface area contributed by atoms with E-state index in [0.717, 1.165) is 51.4 Å². The van der Waals surface area contributed by atoms with Crippen molar-refractivity contribution >= 4 is 13.8 Å². The van der Waals surface area contributed by atoms with Gasteiger partial charge in [0.2, 0.25) is 0 Å². The van der Waals surface area contributed by atoms with Crippen LogP contribution in [0.3, 0.4) is 0 Å². The van der Waals surface area contributed by atoms with E-state index in [1.807, 2.05) is 39.4 Å². The van der Waals surface area contributed by atoms with E-state index in [1.54, 1.807) is 18.4 Å². The summed E-state index contributed by atoms with van der Waals surface area (Å²) in [7, 11) is 1.54. The van der Waals surface area contributed by atoms with Crippen molar-refractivity contribution in [3.63, 3.8) is 0 Å². The molecule has 3 atom stereocenters. The zero-order valence-electron chi connectivity index (χ0n) is 37.4. The number of rotatable bonds is 40. The van der Waals surface area contributed by atoms with Crippen LogP contribution in [0.2, 0.25) is 0 Å². The van der Waals surface area contributed by atoms with Gasteiger partial charge in [-0.05, 0) is 57.4 Å². The summed E-state index contributed by atoms with van der Waals surface area (Å²) >= 11 is 0. The van der Waals surface area contributed by atoms with Gasteiger partial charge in [0, 0.05) is 6.42 Å². The van der Waals surface area contributed by atoms with Gasteiger partial charge in [-0.3, -0.25) is 13.8 Å². The highest BCUT2D eigenvalue weighted by Gasteiger charge is 2.25. The molecular formula is C48H85NO8P+. The number of nitrogens with zero attached hydrogens (tertiary/aromatic N) is 1. The molecule has 0 saturated heterocycles. The number of allylic oxidation sites excluding steroid dienone is 12. The predicted octanol–water partition coefficient (Wildman–Crippen LogP) is 12.6. The average Bonchev–Trinajstić information content (AvgIpc) is 3.18. The topological polar surface area (TPSA) is 112 Å². The van der Waals surface area contributed by atoms with Gasteiger partial charge in [0.1, 0.15) is 19.8 Å². The fraction of sp³-hybridized carbons (Fsp3) is 0.688. The Balaban J connectivity index is 4.52. The number of carbonyl (C=O) groups is 1. The molecule has 0 aliphatic rings. The SMILES string of the molecule is CC/C=C\C/C=C\C/C=C\C/C=C\C/C=C\C=C/C(O)CCC(=O)OC[C@H](COP(=O)(O)OCC[N+](C)(C)C)O/C=C/CCCCCCCCCCCCCCCC. The van der Waals surface area contributed by atoms with Gasteiger partial charge in [-0.2, -0.15) is 0 Å². The molecule has 0 spiro atoms. The molecule has 0 saturated carbocycles. The Kier molecular flexibility index (Phi) is 38.2. The number of unbranched alkanes of at least 4 members (excludes halogenated alkanes) is 14. The van der Waals surface area contributed by atoms with Crippen LogP contribution >= 0.6 is 7.82 Å². The first kappa shape index (κ1) is 55.5. The van der Waals surface area contributed by atoms with Crippen LogP contribution < -0.4 is 0 Å². The molecule has 2 unspecified atom stereocenters. The Morgan fingerprint density at radius 2 is 1.17 bits per heavy atom. The largest absolute Gasteiger partial charge is 0.492 e. The molecule has 0 heterocycles. The average molecular weight is 835 g/mol. The number of carbonyl (C=O) groups excluding carboxylic acids is 1. The summed E-state index contributed by atoms with van der Waals surface area (Å²) in [6.45, 7) is 4.50. The molecule has 0 aromatic heterocycles. The molecule has 334 valence electrons. The van der Waals surface area contributed by atoms with Crippen molar-refractivity contribution in [1.82, 2.24) is 0 Å². The standard InChI is InChI=1S/C48H84NO8P/c1-6-8-10-12-14-16-18-20-22-24-26-28-30-32-34-36-38-46(50)39-40-48(51)55-44-47(45-57-58(52,53)56-43-41-49(3,4)5)54-42-37-35-33-31-29-27-25-23-21-19-17-15-13-11-9-7-2/h8,10,14,16,20,22,26,28,32,34,36-38,42,46-47,50H,6-7,9,11-13,15,17-19,21,23-25,27,29-31,33,35,39-41,43-45H2,1-5H3/p+1/b10-8-,16-14-,22-20-,28-26-,34-32-,38-36-,42-37+/t46?,47-/m1/s1. The first-order chi connectivity index (χ1) is 28.0. The number of aliphatic hydroxyl groups excluding tert-OH is 1. The molecule has 9 nitrogen and oxygen atoms in total. The third-order valence-corrected chi connectivity index (χ3v) is 10.2. The molecule has 0 rings (SSSR count). The summed E-state index contributed by atoms with van der Waals surface area (Å²) in [6.07, 6.45) is 50.5. The third-order valence-electron chi connectivity index (χ3n) is 9.18. The zero-order valence-corrected chi connectivity index (χ0v) is 38.3. The Labute approximate surface area is 355 Å². The van der Waals surface area contributed by atoms with Crippen molar-refractivity contribution in [3.8, 4) is 0 Å². The van der Waals surface area contributed by atoms with E-state index in [4.69, 9.17) is 18.5 Å². The molecule has 0 aromatic rings. The monoisotopic (exact) mass is 835 g/mol. The number of phosphoric acid groups is 1. The van der Waals surface area contributed by atoms with E-state index >= 15 is 0 Å². The minimum atomic E-state index is -4.33. The molecule has 0 fully saturated rings. The molecule has 0 amide bonds. The quantitative estimate of drug-likeness (QED) is 0.0119. The van der Waals surface area contributed by atoms with Gasteiger partial charge < -0.3 is 24.0 Å². The third kappa shape index (κ3) is 43.1. The van der Waals surface area contributed by atoms with Crippen LogP contribution in [0.25, 0.3) is 0 Å². The Bertz CT molecular complexity index is 1220. The fourth-order valence-corrected chi connectivity index (χ4v) is 6.33. The van der Waals surface area contributed by atoms with Crippen molar-refractivity contribution in [1.29, 1.82) is 0 Å². The number of hydrogen-bond acceptors (Lipinski definition) is 7. The fourth-order valence-electron chi connectivity index (χ4n) is 5.59. The number of likely N-dealkylation sites (N-methyl/N-ethyl adjacent to an activating group) is 1. The van der Waals surface area contributed by atoms with Crippen molar-refractivity contribution in [2.45, 2.75) is 167 Å². The van der Waals surface area contributed by atoms with E-state index in [0.29, 0.717) is 11.0 Å². The van der Waals surface area contributed by atoms with Crippen LogP contribution in [0.4, 0.5) is 0 Å². The van der Waals surface area contributed by atoms with Gasteiger partial charge >= 0.3 is 13.8 Å². The molecule has 0 bridgehead atoms. The minimum Gasteiger partial charge on any atom is -0.492 e. The molecule has 58 heavy (non-hydrogen) atoms. The van der Waals surface area contributed by atoms with E-state index in [2.05, 4.69) is 62.5 Å². The number of aliphatic hydroxyl groups is 1. The minimum absolute atomic E-state index is 0.00632. The summed E-state index contributed by atoms with van der Waals surface area (Å²) in [5.74, 6) is -0.506. The highest BCUT2D eigenvalue weighted by atomic mass is 31.2. The maximum absolute atomic E-state index is 12.5. The number of hydrogen-bond donors (Lipinski definition) is 2. The van der Waals surface area contributed by atoms with Gasteiger partial charge in [0.05, 0.1) is 40.1 Å². The second-order valence-corrected chi connectivity index (χ2v) is 17.4. The maximum Gasteiger partial charge on any atom is 0.472 e. The van der Waals surface area contributed by atoms with Crippen LogP contribution in [0.15, 0.2) is 85.3 Å². The molecule has 10 heteroatoms. The summed E-state index contributed by atoms with van der Waals surface area (Å²) < 4.78 is 34.6. The summed E-state index contributed by atoms with van der Waals surface area (Å²) in [5, 5.41) is 10.3. The van der Waals surface area contributed by atoms with Gasteiger partial charge in [-0.15, -0.1) is 0 Å². The lowest BCUT2D eigenvalue weighted by Crippen LogP contribution is -2.37. The Morgan fingerprint density at radius 1 is 0.655 bits per heavy atom. The number of ether oxygens (including phenoxy) is 2. The van der Waals surface area contributed by atoms with Gasteiger partial charge in [-0.25, -0.2) is 4.57 Å². The highest BCUT2D eigenvalue weighted by Crippen LogP contribution is 2.43. The number of esters is 1. The van der Waals surface area contributed by atoms with Gasteiger partial charge in [-0.1, -0.05) is 170 Å². The van der Waals surface area contributed by atoms with E-state index < -0.39 is 26.0 Å². The van der Waals surface area contributed by atoms with Crippen molar-refractivity contribution in [3.05, 3.63) is 85.3 Å².